The van der Waals surface area contributed by atoms with Gasteiger partial charge in [0.1, 0.15) is 17.4 Å². The lowest BCUT2D eigenvalue weighted by Crippen LogP contribution is -2.02. The predicted octanol–water partition coefficient (Wildman–Crippen LogP) is 10.4. The summed E-state index contributed by atoms with van der Waals surface area (Å²) in [5.74, 6) is 3.67. The largest absolute Gasteiger partial charge is 0.497 e. The average Bonchev–Trinajstić information content (AvgIpc) is 3.27. The zero-order valence-electron chi connectivity index (χ0n) is 32.0. The number of anilines is 6. The Morgan fingerprint density at radius 2 is 1.26 bits per heavy atom. The number of methoxy groups -OCH3 is 1. The molecule has 11 heteroatoms. The smallest absolute Gasteiger partial charge is 0.162 e. The Morgan fingerprint density at radius 1 is 0.569 bits per heavy atom. The van der Waals surface area contributed by atoms with Crippen molar-refractivity contribution in [1.29, 1.82) is 0 Å². The van der Waals surface area contributed by atoms with Crippen molar-refractivity contribution in [3.05, 3.63) is 175 Å². The molecule has 4 aromatic heterocycles. The Hall–Kier alpha value is -7.92. The van der Waals surface area contributed by atoms with E-state index in [-0.39, 0.29) is 0 Å². The number of benzene rings is 5. The van der Waals surface area contributed by atoms with Gasteiger partial charge in [-0.05, 0) is 73.2 Å². The fourth-order valence-corrected chi connectivity index (χ4v) is 6.26. The van der Waals surface area contributed by atoms with Crippen molar-refractivity contribution >= 4 is 56.2 Å². The molecule has 0 aliphatic carbocycles. The number of ether oxygens (including phenoxy) is 1. The molecular formula is C47H40N10O. The molecule has 9 aromatic rings. The van der Waals surface area contributed by atoms with Gasteiger partial charge in [-0.1, -0.05) is 84.4 Å². The molecule has 4 heterocycles. The number of nitrogens with one attached hydrogen (secondary N) is 3. The lowest BCUT2D eigenvalue weighted by Gasteiger charge is -2.13. The van der Waals surface area contributed by atoms with Crippen LogP contribution in [-0.4, -0.2) is 37.0 Å². The van der Waals surface area contributed by atoms with Crippen LogP contribution in [-0.2, 0) is 6.54 Å². The molecule has 58 heavy (non-hydrogen) atoms. The van der Waals surface area contributed by atoms with E-state index in [0.717, 1.165) is 72.9 Å². The van der Waals surface area contributed by atoms with Crippen LogP contribution in [0.1, 0.15) is 11.1 Å². The van der Waals surface area contributed by atoms with E-state index >= 15 is 0 Å². The first-order valence-electron chi connectivity index (χ1n) is 18.7. The van der Waals surface area contributed by atoms with E-state index < -0.39 is 0 Å². The van der Waals surface area contributed by atoms with Gasteiger partial charge < -0.3 is 26.4 Å². The Kier molecular flexibility index (Phi) is 11.0. The highest BCUT2D eigenvalue weighted by Gasteiger charge is 2.13. The van der Waals surface area contributed by atoms with Gasteiger partial charge in [0, 0.05) is 58.4 Å². The van der Waals surface area contributed by atoms with Gasteiger partial charge in [-0.25, -0.2) is 19.9 Å². The molecule has 0 unspecified atom stereocenters. The first kappa shape index (κ1) is 37.0. The van der Waals surface area contributed by atoms with Crippen molar-refractivity contribution in [3.8, 4) is 28.5 Å². The second kappa shape index (κ2) is 17.3. The number of aryl methyl sites for hydroxylation is 1. The SMILES string of the molecule is COc1cccc(CNc2ccc3c(Nc4ccncc4)nc(-c4ccc(C)cc4)nc3c2)c1.Nc1cnccc1Nc1nc(-c2ccccc2)nc2ccccc12. The molecule has 0 bridgehead atoms. The highest BCUT2D eigenvalue weighted by molar-refractivity contribution is 5.95. The van der Waals surface area contributed by atoms with E-state index in [9.17, 15) is 0 Å². The van der Waals surface area contributed by atoms with Gasteiger partial charge >= 0.3 is 0 Å². The molecule has 9 rings (SSSR count). The van der Waals surface area contributed by atoms with E-state index in [1.807, 2.05) is 97.1 Å². The second-order valence-corrected chi connectivity index (χ2v) is 13.4. The zero-order chi connectivity index (χ0) is 39.7. The molecule has 0 radical (unpaired) electrons. The molecule has 0 saturated carbocycles. The minimum Gasteiger partial charge on any atom is -0.497 e. The summed E-state index contributed by atoms with van der Waals surface area (Å²) in [5.41, 5.74) is 15.3. The summed E-state index contributed by atoms with van der Waals surface area (Å²) < 4.78 is 5.33. The van der Waals surface area contributed by atoms with Crippen molar-refractivity contribution in [2.75, 3.05) is 28.8 Å². The lowest BCUT2D eigenvalue weighted by atomic mass is 10.1. The van der Waals surface area contributed by atoms with Crippen LogP contribution in [0.3, 0.4) is 0 Å². The van der Waals surface area contributed by atoms with Crippen LogP contribution in [0.15, 0.2) is 164 Å². The summed E-state index contributed by atoms with van der Waals surface area (Å²) in [4.78, 5) is 27.3. The molecular weight excluding hydrogens is 721 g/mol. The van der Waals surface area contributed by atoms with E-state index in [1.165, 1.54) is 5.56 Å². The van der Waals surface area contributed by atoms with Crippen molar-refractivity contribution in [3.63, 3.8) is 0 Å². The summed E-state index contributed by atoms with van der Waals surface area (Å²) in [5, 5.41) is 12.1. The number of nitrogens with two attached hydrogens (primary N) is 1. The third kappa shape index (κ3) is 8.79. The number of nitrogen functional groups attached to an aromatic ring is 1. The van der Waals surface area contributed by atoms with Gasteiger partial charge in [-0.15, -0.1) is 0 Å². The number of para-hydroxylation sites is 1. The number of nitrogens with zero attached hydrogens (tertiary/aromatic N) is 6. The van der Waals surface area contributed by atoms with Crippen LogP contribution in [0.25, 0.3) is 44.6 Å². The van der Waals surface area contributed by atoms with Gasteiger partial charge in [-0.3, -0.25) is 9.97 Å². The number of hydrogen-bond acceptors (Lipinski definition) is 11. The predicted molar refractivity (Wildman–Crippen MR) is 234 cm³/mol. The number of fused-ring (bicyclic) bond motifs is 2. The molecule has 0 aliphatic heterocycles. The fourth-order valence-electron chi connectivity index (χ4n) is 6.26. The summed E-state index contributed by atoms with van der Waals surface area (Å²) in [6.07, 6.45) is 6.82. The number of rotatable bonds is 10. The van der Waals surface area contributed by atoms with Crippen LogP contribution >= 0.6 is 0 Å². The highest BCUT2D eigenvalue weighted by Crippen LogP contribution is 2.31. The Morgan fingerprint density at radius 3 is 2.03 bits per heavy atom. The molecule has 0 atom stereocenters. The number of aromatic nitrogens is 6. The van der Waals surface area contributed by atoms with Crippen LogP contribution in [0.4, 0.5) is 34.4 Å². The average molecular weight is 761 g/mol. The van der Waals surface area contributed by atoms with Crippen LogP contribution in [0.5, 0.6) is 5.75 Å². The third-order valence-electron chi connectivity index (χ3n) is 9.32. The van der Waals surface area contributed by atoms with Gasteiger partial charge in [-0.2, -0.15) is 0 Å². The normalized spacial score (nSPS) is 10.7. The van der Waals surface area contributed by atoms with E-state index in [0.29, 0.717) is 23.9 Å². The van der Waals surface area contributed by atoms with Crippen LogP contribution < -0.4 is 26.4 Å². The molecule has 0 amide bonds. The molecule has 5 N–H and O–H groups in total. The fraction of sp³-hybridized carbons (Fsp3) is 0.0638. The molecule has 0 aliphatic rings. The second-order valence-electron chi connectivity index (χ2n) is 13.4. The van der Waals surface area contributed by atoms with E-state index in [1.54, 1.807) is 31.9 Å². The van der Waals surface area contributed by atoms with Gasteiger partial charge in [0.05, 0.1) is 35.7 Å². The molecule has 5 aromatic carbocycles. The zero-order valence-corrected chi connectivity index (χ0v) is 32.0. The third-order valence-corrected chi connectivity index (χ3v) is 9.32. The first-order chi connectivity index (χ1) is 28.5. The van der Waals surface area contributed by atoms with E-state index in [2.05, 4.69) is 80.3 Å². The minimum atomic E-state index is 0.571. The van der Waals surface area contributed by atoms with Crippen molar-refractivity contribution in [1.82, 2.24) is 29.9 Å². The standard InChI is InChI=1S/C28H25N5O.C19H15N5/c1-19-6-8-21(9-7-19)27-32-26-17-23(30-18-20-4-3-5-24(16-20)34-2)10-11-25(26)28(33-27)31-22-12-14-29-15-13-22;20-15-12-21-11-10-17(15)23-19-14-8-4-5-9-16(14)22-18(24-19)13-6-2-1-3-7-13/h3-17,30H,18H2,1-2H3,(H,29,31,32,33);1-12H,20H2,(H,21,22,23,24). The highest BCUT2D eigenvalue weighted by atomic mass is 16.5. The molecule has 0 spiro atoms. The quantitative estimate of drug-likeness (QED) is 0.106. The van der Waals surface area contributed by atoms with Gasteiger partial charge in [0.15, 0.2) is 11.6 Å². The van der Waals surface area contributed by atoms with Crippen LogP contribution in [0, 0.1) is 6.92 Å². The first-order valence-corrected chi connectivity index (χ1v) is 18.7. The maximum absolute atomic E-state index is 5.99. The summed E-state index contributed by atoms with van der Waals surface area (Å²) in [6, 6.07) is 45.9. The lowest BCUT2D eigenvalue weighted by molar-refractivity contribution is 0.414. The summed E-state index contributed by atoms with van der Waals surface area (Å²) >= 11 is 0. The molecule has 11 nitrogen and oxygen atoms in total. The van der Waals surface area contributed by atoms with Crippen LogP contribution in [0.2, 0.25) is 0 Å². The Labute approximate surface area is 336 Å². The topological polar surface area (TPSA) is 149 Å². The maximum Gasteiger partial charge on any atom is 0.162 e. The summed E-state index contributed by atoms with van der Waals surface area (Å²) in [7, 11) is 1.68. The Bertz CT molecular complexity index is 2800. The molecule has 0 saturated heterocycles. The van der Waals surface area contributed by atoms with E-state index in [4.69, 9.17) is 25.4 Å². The minimum absolute atomic E-state index is 0.571. The molecule has 284 valence electrons. The Balaban J connectivity index is 0.000000172. The van der Waals surface area contributed by atoms with Crippen molar-refractivity contribution in [2.24, 2.45) is 0 Å². The van der Waals surface area contributed by atoms with Gasteiger partial charge in [0.2, 0.25) is 0 Å². The van der Waals surface area contributed by atoms with Crippen molar-refractivity contribution < 1.29 is 4.74 Å². The maximum atomic E-state index is 5.99. The van der Waals surface area contributed by atoms with Crippen molar-refractivity contribution in [2.45, 2.75) is 13.5 Å². The number of hydrogen-bond donors (Lipinski definition) is 4. The summed E-state index contributed by atoms with van der Waals surface area (Å²) in [6.45, 7) is 2.75. The van der Waals surface area contributed by atoms with Gasteiger partial charge in [0.25, 0.3) is 0 Å². The monoisotopic (exact) mass is 760 g/mol. The molecule has 0 fully saturated rings. The number of pyridine rings is 2.